The first-order valence-electron chi connectivity index (χ1n) is 9.27. The van der Waals surface area contributed by atoms with Crippen molar-refractivity contribution in [3.8, 4) is 0 Å². The molecule has 1 heterocycles. The van der Waals surface area contributed by atoms with Crippen LogP contribution in [0.15, 0.2) is 54.6 Å². The third kappa shape index (κ3) is 5.39. The van der Waals surface area contributed by atoms with Gasteiger partial charge in [-0.25, -0.2) is 0 Å². The first-order chi connectivity index (χ1) is 13.2. The number of carbonyl (C=O) groups excluding carboxylic acids is 2. The largest absolute Gasteiger partial charge is 0.343 e. The molecule has 1 aliphatic heterocycles. The lowest BCUT2D eigenvalue weighted by Crippen LogP contribution is -2.50. The van der Waals surface area contributed by atoms with E-state index >= 15 is 0 Å². The van der Waals surface area contributed by atoms with Crippen LogP contribution < -0.4 is 11.1 Å². The minimum atomic E-state index is -0.241. The van der Waals surface area contributed by atoms with E-state index in [1.165, 1.54) is 5.56 Å². The lowest BCUT2D eigenvalue weighted by atomic mass is 10.1. The summed E-state index contributed by atoms with van der Waals surface area (Å²) in [6, 6.07) is 17.4. The van der Waals surface area contributed by atoms with Gasteiger partial charge in [-0.15, -0.1) is 0 Å². The minimum absolute atomic E-state index is 0.0240. The van der Waals surface area contributed by atoms with E-state index in [0.717, 1.165) is 25.2 Å². The second-order valence-electron chi connectivity index (χ2n) is 6.73. The van der Waals surface area contributed by atoms with Crippen LogP contribution in [-0.4, -0.2) is 54.3 Å². The molecule has 0 atom stereocenters. The van der Waals surface area contributed by atoms with Crippen LogP contribution in [0.2, 0.25) is 0 Å². The Labute approximate surface area is 159 Å². The number of amides is 2. The summed E-state index contributed by atoms with van der Waals surface area (Å²) in [7, 11) is 0. The topological polar surface area (TPSA) is 78.7 Å². The Morgan fingerprint density at radius 3 is 2.19 bits per heavy atom. The fourth-order valence-corrected chi connectivity index (χ4v) is 3.16. The number of rotatable bonds is 6. The number of nitrogens with one attached hydrogen (secondary N) is 1. The zero-order valence-corrected chi connectivity index (χ0v) is 15.4. The Morgan fingerprint density at radius 1 is 0.889 bits per heavy atom. The molecular formula is C21H26N4O2. The van der Waals surface area contributed by atoms with Gasteiger partial charge in [0.1, 0.15) is 0 Å². The molecule has 1 saturated heterocycles. The number of hydrogen-bond acceptors (Lipinski definition) is 4. The van der Waals surface area contributed by atoms with Crippen molar-refractivity contribution in [2.75, 3.05) is 32.7 Å². The molecule has 2 aromatic carbocycles. The first-order valence-corrected chi connectivity index (χ1v) is 9.27. The molecule has 6 heteroatoms. The van der Waals surface area contributed by atoms with Crippen LogP contribution >= 0.6 is 0 Å². The van der Waals surface area contributed by atoms with Gasteiger partial charge in [0, 0.05) is 44.8 Å². The molecule has 1 fully saturated rings. The highest BCUT2D eigenvalue weighted by Crippen LogP contribution is 2.09. The molecule has 0 aliphatic carbocycles. The van der Waals surface area contributed by atoms with Crippen LogP contribution in [0.5, 0.6) is 0 Å². The van der Waals surface area contributed by atoms with Crippen molar-refractivity contribution in [1.29, 1.82) is 0 Å². The molecule has 1 aliphatic rings. The van der Waals surface area contributed by atoms with E-state index in [-0.39, 0.29) is 18.4 Å². The number of carbonyl (C=O) groups is 2. The van der Waals surface area contributed by atoms with Crippen molar-refractivity contribution in [1.82, 2.24) is 15.1 Å². The molecule has 2 aromatic rings. The Bertz CT molecular complexity index is 754. The lowest BCUT2D eigenvalue weighted by Gasteiger charge is -2.34. The number of benzene rings is 2. The van der Waals surface area contributed by atoms with Gasteiger partial charge in [0.25, 0.3) is 5.91 Å². The van der Waals surface area contributed by atoms with Gasteiger partial charge < -0.3 is 16.0 Å². The summed E-state index contributed by atoms with van der Waals surface area (Å²) < 4.78 is 0. The molecule has 0 aromatic heterocycles. The third-order valence-corrected chi connectivity index (χ3v) is 4.83. The van der Waals surface area contributed by atoms with Crippen molar-refractivity contribution < 1.29 is 9.59 Å². The molecule has 0 unspecified atom stereocenters. The lowest BCUT2D eigenvalue weighted by molar-refractivity contribution is -0.131. The van der Waals surface area contributed by atoms with Crippen molar-refractivity contribution >= 4 is 11.8 Å². The second kappa shape index (κ2) is 9.30. The Kier molecular flexibility index (Phi) is 6.57. The maximum absolute atomic E-state index is 12.4. The molecule has 0 radical (unpaired) electrons. The summed E-state index contributed by atoms with van der Waals surface area (Å²) in [6.07, 6.45) is 0. The first kappa shape index (κ1) is 19.1. The van der Waals surface area contributed by atoms with E-state index in [1.807, 2.05) is 35.2 Å². The van der Waals surface area contributed by atoms with E-state index in [4.69, 9.17) is 5.73 Å². The summed E-state index contributed by atoms with van der Waals surface area (Å²) in [5.74, 6) is -0.282. The summed E-state index contributed by atoms with van der Waals surface area (Å²) in [5.41, 5.74) is 8.34. The molecule has 0 bridgehead atoms. The SMILES string of the molecule is NCc1ccc(C(=O)NCC(=O)N2CCN(Cc3ccccc3)CC2)cc1. The van der Waals surface area contributed by atoms with E-state index in [0.29, 0.717) is 25.2 Å². The predicted octanol–water partition coefficient (Wildman–Crippen LogP) is 1.22. The van der Waals surface area contributed by atoms with Crippen LogP contribution in [0.4, 0.5) is 0 Å². The van der Waals surface area contributed by atoms with Crippen LogP contribution in [0.25, 0.3) is 0 Å². The van der Waals surface area contributed by atoms with Gasteiger partial charge in [-0.3, -0.25) is 14.5 Å². The maximum atomic E-state index is 12.4. The molecule has 0 saturated carbocycles. The quantitative estimate of drug-likeness (QED) is 0.806. The molecule has 6 nitrogen and oxygen atoms in total. The highest BCUT2D eigenvalue weighted by molar-refractivity contribution is 5.96. The van der Waals surface area contributed by atoms with Gasteiger partial charge in [0.15, 0.2) is 0 Å². The number of nitrogens with two attached hydrogens (primary N) is 1. The monoisotopic (exact) mass is 366 g/mol. The Hall–Kier alpha value is -2.70. The zero-order valence-electron chi connectivity index (χ0n) is 15.4. The minimum Gasteiger partial charge on any atom is -0.343 e. The van der Waals surface area contributed by atoms with E-state index in [9.17, 15) is 9.59 Å². The standard InChI is InChI=1S/C21H26N4O2/c22-14-17-6-8-19(9-7-17)21(27)23-15-20(26)25-12-10-24(11-13-25)16-18-4-2-1-3-5-18/h1-9H,10-16,22H2,(H,23,27). The molecule has 0 spiro atoms. The van der Waals surface area contributed by atoms with Crippen molar-refractivity contribution in [2.24, 2.45) is 5.73 Å². The van der Waals surface area contributed by atoms with Crippen molar-refractivity contribution in [3.05, 3.63) is 71.3 Å². The fraction of sp³-hybridized carbons (Fsp3) is 0.333. The Morgan fingerprint density at radius 2 is 1.56 bits per heavy atom. The molecule has 3 rings (SSSR count). The third-order valence-electron chi connectivity index (χ3n) is 4.83. The summed E-state index contributed by atoms with van der Waals surface area (Å²) in [5, 5.41) is 2.71. The molecular weight excluding hydrogens is 340 g/mol. The van der Waals surface area contributed by atoms with Gasteiger partial charge in [-0.05, 0) is 23.3 Å². The van der Waals surface area contributed by atoms with E-state index in [2.05, 4.69) is 22.3 Å². The van der Waals surface area contributed by atoms with Gasteiger partial charge in [-0.1, -0.05) is 42.5 Å². The van der Waals surface area contributed by atoms with Gasteiger partial charge in [0.2, 0.25) is 5.91 Å². The fourth-order valence-electron chi connectivity index (χ4n) is 3.16. The van der Waals surface area contributed by atoms with Crippen molar-refractivity contribution in [2.45, 2.75) is 13.1 Å². The van der Waals surface area contributed by atoms with Gasteiger partial charge >= 0.3 is 0 Å². The van der Waals surface area contributed by atoms with Gasteiger partial charge in [-0.2, -0.15) is 0 Å². The Balaban J connectivity index is 1.42. The van der Waals surface area contributed by atoms with Crippen LogP contribution in [0, 0.1) is 0 Å². The molecule has 27 heavy (non-hydrogen) atoms. The number of nitrogens with zero attached hydrogens (tertiary/aromatic N) is 2. The van der Waals surface area contributed by atoms with Crippen LogP contribution in [-0.2, 0) is 17.9 Å². The summed E-state index contributed by atoms with van der Waals surface area (Å²) in [6.45, 7) is 4.43. The zero-order chi connectivity index (χ0) is 19.1. The molecule has 142 valence electrons. The van der Waals surface area contributed by atoms with Crippen LogP contribution in [0.3, 0.4) is 0 Å². The maximum Gasteiger partial charge on any atom is 0.251 e. The highest BCUT2D eigenvalue weighted by atomic mass is 16.2. The predicted molar refractivity (Wildman–Crippen MR) is 105 cm³/mol. The van der Waals surface area contributed by atoms with Gasteiger partial charge in [0.05, 0.1) is 6.54 Å². The summed E-state index contributed by atoms with van der Waals surface area (Å²) in [4.78, 5) is 28.7. The normalized spacial score (nSPS) is 14.8. The second-order valence-corrected chi connectivity index (χ2v) is 6.73. The average Bonchev–Trinajstić information content (AvgIpc) is 2.73. The summed E-state index contributed by atoms with van der Waals surface area (Å²) >= 11 is 0. The van der Waals surface area contributed by atoms with Crippen LogP contribution in [0.1, 0.15) is 21.5 Å². The highest BCUT2D eigenvalue weighted by Gasteiger charge is 2.21. The molecule has 3 N–H and O–H groups in total. The van der Waals surface area contributed by atoms with E-state index < -0.39 is 0 Å². The average molecular weight is 366 g/mol. The molecule has 2 amide bonds. The van der Waals surface area contributed by atoms with E-state index in [1.54, 1.807) is 12.1 Å². The number of piperazine rings is 1. The van der Waals surface area contributed by atoms with Crippen molar-refractivity contribution in [3.63, 3.8) is 0 Å². The number of hydrogen-bond donors (Lipinski definition) is 2. The smallest absolute Gasteiger partial charge is 0.251 e.